The molecule has 3 aromatic heterocycles. The Bertz CT molecular complexity index is 885. The van der Waals surface area contributed by atoms with Crippen molar-refractivity contribution in [2.24, 2.45) is 5.92 Å². The Balaban J connectivity index is 1.44. The van der Waals surface area contributed by atoms with E-state index in [1.54, 1.807) is 34.4 Å². The summed E-state index contributed by atoms with van der Waals surface area (Å²) in [5, 5.41) is 17.5. The molecule has 3 rings (SSSR count). The molecule has 0 fully saturated rings. The monoisotopic (exact) mass is 435 g/mol. The van der Waals surface area contributed by atoms with E-state index in [0.29, 0.717) is 18.9 Å². The molecule has 3 heterocycles. The van der Waals surface area contributed by atoms with Crippen molar-refractivity contribution in [3.05, 3.63) is 34.4 Å². The summed E-state index contributed by atoms with van der Waals surface area (Å²) >= 11 is 4.87. The van der Waals surface area contributed by atoms with Crippen molar-refractivity contribution >= 4 is 40.3 Å². The van der Waals surface area contributed by atoms with Gasteiger partial charge in [-0.05, 0) is 30.0 Å². The van der Waals surface area contributed by atoms with Gasteiger partial charge < -0.3 is 9.88 Å². The minimum absolute atomic E-state index is 0.0106. The van der Waals surface area contributed by atoms with E-state index in [0.717, 1.165) is 45.9 Å². The van der Waals surface area contributed by atoms with Crippen LogP contribution in [0.3, 0.4) is 0 Å². The first-order valence-electron chi connectivity index (χ1n) is 9.28. The lowest BCUT2D eigenvalue weighted by molar-refractivity contribution is -0.120. The number of amides is 1. The lowest BCUT2D eigenvalue weighted by Crippen LogP contribution is -2.26. The second kappa shape index (κ2) is 10.2. The zero-order valence-corrected chi connectivity index (χ0v) is 18.8. The normalized spacial score (nSPS) is 11.3. The molecule has 0 atom stereocenters. The predicted octanol–water partition coefficient (Wildman–Crippen LogP) is 4.13. The highest BCUT2D eigenvalue weighted by Crippen LogP contribution is 2.27. The van der Waals surface area contributed by atoms with Crippen molar-refractivity contribution in [1.29, 1.82) is 0 Å². The van der Waals surface area contributed by atoms with Crippen LogP contribution < -0.4 is 5.32 Å². The van der Waals surface area contributed by atoms with Crippen molar-refractivity contribution in [2.45, 2.75) is 44.8 Å². The van der Waals surface area contributed by atoms with E-state index in [9.17, 15) is 4.79 Å². The molecule has 1 amide bonds. The fourth-order valence-electron chi connectivity index (χ4n) is 2.81. The lowest BCUT2D eigenvalue weighted by Gasteiger charge is -2.11. The van der Waals surface area contributed by atoms with Gasteiger partial charge in [-0.2, -0.15) is 0 Å². The number of aryl methyl sites for hydroxylation is 1. The molecule has 0 aliphatic carbocycles. The molecule has 9 heteroatoms. The standard InChI is InChI=1S/C19H25N5OS3/c1-13(2)11-24-16(22-23-19(24)26-3)7-4-8-20-17(25)10-14-12-28-18(21-14)15-6-5-9-27-15/h5-6,9,12-13H,4,7-8,10-11H2,1-3H3,(H,20,25). The molecular formula is C19H25N5OS3. The average molecular weight is 436 g/mol. The highest BCUT2D eigenvalue weighted by atomic mass is 32.2. The number of carbonyl (C=O) groups excluding carboxylic acids is 1. The van der Waals surface area contributed by atoms with Crippen molar-refractivity contribution in [3.63, 3.8) is 0 Å². The third-order valence-corrected chi connectivity index (χ3v) is 6.65. The van der Waals surface area contributed by atoms with Crippen molar-refractivity contribution in [2.75, 3.05) is 12.8 Å². The summed E-state index contributed by atoms with van der Waals surface area (Å²) in [6, 6.07) is 4.06. The van der Waals surface area contributed by atoms with Crippen LogP contribution in [0.15, 0.2) is 28.0 Å². The molecule has 0 aromatic carbocycles. The summed E-state index contributed by atoms with van der Waals surface area (Å²) in [7, 11) is 0. The van der Waals surface area contributed by atoms with E-state index in [1.807, 2.05) is 29.1 Å². The van der Waals surface area contributed by atoms with Gasteiger partial charge in [0.2, 0.25) is 5.91 Å². The Hall–Kier alpha value is -1.71. The molecule has 0 aliphatic heterocycles. The number of hydrogen-bond acceptors (Lipinski definition) is 7. The third kappa shape index (κ3) is 5.65. The van der Waals surface area contributed by atoms with Gasteiger partial charge in [-0.3, -0.25) is 4.79 Å². The molecule has 0 unspecified atom stereocenters. The van der Waals surface area contributed by atoms with E-state index >= 15 is 0 Å². The third-order valence-electron chi connectivity index (χ3n) is 4.05. The molecule has 0 aliphatic rings. The first-order chi connectivity index (χ1) is 13.6. The maximum atomic E-state index is 12.2. The predicted molar refractivity (Wildman–Crippen MR) is 117 cm³/mol. The van der Waals surface area contributed by atoms with Crippen LogP contribution >= 0.6 is 34.4 Å². The first kappa shape index (κ1) is 21.0. The van der Waals surface area contributed by atoms with Crippen LogP contribution in [0.2, 0.25) is 0 Å². The van der Waals surface area contributed by atoms with Crippen LogP contribution in [0.1, 0.15) is 31.8 Å². The molecule has 0 bridgehead atoms. The van der Waals surface area contributed by atoms with E-state index < -0.39 is 0 Å². The molecule has 0 saturated heterocycles. The number of thiophene rings is 1. The molecule has 0 spiro atoms. The topological polar surface area (TPSA) is 72.7 Å². The highest BCUT2D eigenvalue weighted by molar-refractivity contribution is 7.98. The Morgan fingerprint density at radius 2 is 2.18 bits per heavy atom. The number of carbonyl (C=O) groups is 1. The number of aromatic nitrogens is 4. The number of thiazole rings is 1. The minimum atomic E-state index is 0.0106. The smallest absolute Gasteiger partial charge is 0.226 e. The van der Waals surface area contributed by atoms with Crippen molar-refractivity contribution < 1.29 is 4.79 Å². The second-order valence-electron chi connectivity index (χ2n) is 6.86. The molecule has 1 N–H and O–H groups in total. The van der Waals surface area contributed by atoms with Crippen LogP contribution in [-0.2, 0) is 24.2 Å². The van der Waals surface area contributed by atoms with Gasteiger partial charge in [-0.15, -0.1) is 32.9 Å². The van der Waals surface area contributed by atoms with Crippen molar-refractivity contribution in [3.8, 4) is 9.88 Å². The molecule has 150 valence electrons. The Labute approximate surface area is 177 Å². The number of nitrogens with one attached hydrogen (secondary N) is 1. The summed E-state index contributed by atoms with van der Waals surface area (Å²) in [5.74, 6) is 1.54. The van der Waals surface area contributed by atoms with Crippen LogP contribution in [0.5, 0.6) is 0 Å². The molecule has 0 radical (unpaired) electrons. The molecule has 3 aromatic rings. The Kier molecular flexibility index (Phi) is 7.64. The van der Waals surface area contributed by atoms with Gasteiger partial charge >= 0.3 is 0 Å². The average Bonchev–Trinajstić information content (AvgIpc) is 3.39. The van der Waals surface area contributed by atoms with Gasteiger partial charge in [0, 0.05) is 24.9 Å². The Morgan fingerprint density at radius 1 is 1.32 bits per heavy atom. The largest absolute Gasteiger partial charge is 0.356 e. The molecule has 28 heavy (non-hydrogen) atoms. The summed E-state index contributed by atoms with van der Waals surface area (Å²) in [6.45, 7) is 5.93. The fourth-order valence-corrected chi connectivity index (χ4v) is 4.96. The zero-order valence-electron chi connectivity index (χ0n) is 16.3. The quantitative estimate of drug-likeness (QED) is 0.383. The lowest BCUT2D eigenvalue weighted by atomic mass is 10.2. The molecule has 0 saturated carbocycles. The summed E-state index contributed by atoms with van der Waals surface area (Å²) in [6.07, 6.45) is 3.99. The maximum Gasteiger partial charge on any atom is 0.226 e. The van der Waals surface area contributed by atoms with Gasteiger partial charge in [0.1, 0.15) is 10.8 Å². The van der Waals surface area contributed by atoms with Crippen LogP contribution in [0, 0.1) is 5.92 Å². The zero-order chi connectivity index (χ0) is 19.9. The summed E-state index contributed by atoms with van der Waals surface area (Å²) < 4.78 is 2.19. The fraction of sp³-hybridized carbons (Fsp3) is 0.474. The Morgan fingerprint density at radius 3 is 2.89 bits per heavy atom. The summed E-state index contributed by atoms with van der Waals surface area (Å²) in [4.78, 5) is 17.9. The van der Waals surface area contributed by atoms with E-state index in [-0.39, 0.29) is 5.91 Å². The van der Waals surface area contributed by atoms with Gasteiger partial charge in [0.05, 0.1) is 17.0 Å². The minimum Gasteiger partial charge on any atom is -0.356 e. The van der Waals surface area contributed by atoms with Crippen molar-refractivity contribution in [1.82, 2.24) is 25.1 Å². The maximum absolute atomic E-state index is 12.2. The van der Waals surface area contributed by atoms with Crippen LogP contribution in [0.4, 0.5) is 0 Å². The van der Waals surface area contributed by atoms with E-state index in [2.05, 4.69) is 38.9 Å². The van der Waals surface area contributed by atoms with Gasteiger partial charge in [-0.25, -0.2) is 4.98 Å². The second-order valence-corrected chi connectivity index (χ2v) is 9.44. The number of thioether (sulfide) groups is 1. The molecular weight excluding hydrogens is 410 g/mol. The van der Waals surface area contributed by atoms with Crippen LogP contribution in [0.25, 0.3) is 9.88 Å². The van der Waals surface area contributed by atoms with Gasteiger partial charge in [-0.1, -0.05) is 31.7 Å². The first-order valence-corrected chi connectivity index (χ1v) is 12.3. The number of nitrogens with zero attached hydrogens (tertiary/aromatic N) is 4. The van der Waals surface area contributed by atoms with Gasteiger partial charge in [0.15, 0.2) is 5.16 Å². The molecule has 6 nitrogen and oxygen atoms in total. The number of rotatable bonds is 10. The SMILES string of the molecule is CSc1nnc(CCCNC(=O)Cc2csc(-c3cccs3)n2)n1CC(C)C. The highest BCUT2D eigenvalue weighted by Gasteiger charge is 2.13. The van der Waals surface area contributed by atoms with Gasteiger partial charge in [0.25, 0.3) is 0 Å². The van der Waals surface area contributed by atoms with E-state index in [1.165, 1.54) is 0 Å². The number of hydrogen-bond donors (Lipinski definition) is 1. The van der Waals surface area contributed by atoms with Crippen LogP contribution in [-0.4, -0.2) is 38.5 Å². The summed E-state index contributed by atoms with van der Waals surface area (Å²) in [5.41, 5.74) is 0.826. The van der Waals surface area contributed by atoms with E-state index in [4.69, 9.17) is 0 Å².